The van der Waals surface area contributed by atoms with Crippen molar-refractivity contribution in [3.63, 3.8) is 0 Å². The number of rotatable bonds is 10. The second-order valence-corrected chi connectivity index (χ2v) is 10.6. The zero-order valence-corrected chi connectivity index (χ0v) is 21.8. The molecule has 2 saturated heterocycles. The summed E-state index contributed by atoms with van der Waals surface area (Å²) in [5.74, 6) is -4.77. The number of halogens is 1. The molecule has 0 bridgehead atoms. The molecule has 4 rings (SSSR count). The number of likely N-dealkylation sites (tertiary alicyclic amines) is 1. The number of nitro benzene ring substituents is 1. The number of nitrogens with one attached hydrogen (secondary N) is 1. The highest BCUT2D eigenvalue weighted by Gasteiger charge is 2.68. The molecule has 0 saturated carbocycles. The van der Waals surface area contributed by atoms with Gasteiger partial charge in [0.1, 0.15) is 12.1 Å². The first-order valence-electron chi connectivity index (χ1n) is 11.5. The molecule has 3 aliphatic heterocycles. The van der Waals surface area contributed by atoms with Crippen molar-refractivity contribution in [2.24, 2.45) is 16.8 Å². The molecule has 3 heterocycles. The third kappa shape index (κ3) is 4.43. The van der Waals surface area contributed by atoms with Gasteiger partial charge >= 0.3 is 12.1 Å². The number of carboxylic acid groups (broad SMARTS) is 1. The van der Waals surface area contributed by atoms with E-state index in [0.717, 1.165) is 11.1 Å². The molecule has 5 unspecified atom stereocenters. The summed E-state index contributed by atoms with van der Waals surface area (Å²) < 4.78 is 1.32. The molecule has 2 fully saturated rings. The van der Waals surface area contributed by atoms with Crippen LogP contribution in [0.1, 0.15) is 24.9 Å². The van der Waals surface area contributed by atoms with Crippen LogP contribution in [0.5, 0.6) is 0 Å². The van der Waals surface area contributed by atoms with E-state index in [-0.39, 0.29) is 35.8 Å². The molecule has 1 aromatic rings. The van der Waals surface area contributed by atoms with Crippen LogP contribution >= 0.6 is 23.4 Å². The molecule has 0 spiro atoms. The average molecular weight is 568 g/mol. The van der Waals surface area contributed by atoms with Crippen molar-refractivity contribution in [1.29, 1.82) is 0 Å². The molecule has 14 nitrogen and oxygen atoms in total. The molecule has 38 heavy (non-hydrogen) atoms. The van der Waals surface area contributed by atoms with Gasteiger partial charge in [-0.25, -0.2) is 0 Å². The van der Waals surface area contributed by atoms with Gasteiger partial charge in [-0.05, 0) is 35.6 Å². The van der Waals surface area contributed by atoms with E-state index >= 15 is 0 Å². The summed E-state index contributed by atoms with van der Waals surface area (Å²) in [6.07, 6.45) is 1.62. The Balaban J connectivity index is 1.76. The molecule has 0 aromatic heterocycles. The minimum atomic E-state index is -1.88. The number of amidine groups is 1. The van der Waals surface area contributed by atoms with Crippen LogP contribution in [0.15, 0.2) is 23.2 Å². The van der Waals surface area contributed by atoms with Crippen LogP contribution in [0.4, 0.5) is 5.69 Å². The van der Waals surface area contributed by atoms with Crippen LogP contribution in [0.3, 0.4) is 0 Å². The van der Waals surface area contributed by atoms with Crippen LogP contribution in [0.2, 0.25) is 5.02 Å². The maximum absolute atomic E-state index is 13.7. The summed E-state index contributed by atoms with van der Waals surface area (Å²) in [5, 5.41) is 36.6. The van der Waals surface area contributed by atoms with Gasteiger partial charge in [0.05, 0.1) is 34.3 Å². The Kier molecular flexibility index (Phi) is 7.54. The molecule has 2 amide bonds. The number of nitrogens with zero attached hydrogens (tertiary/aromatic N) is 5. The quantitative estimate of drug-likeness (QED) is 0.180. The van der Waals surface area contributed by atoms with Crippen LogP contribution in [0, 0.1) is 32.1 Å². The number of nitro groups is 2. The van der Waals surface area contributed by atoms with E-state index in [1.54, 1.807) is 13.2 Å². The van der Waals surface area contributed by atoms with Crippen LogP contribution in [-0.4, -0.2) is 91.1 Å². The molecule has 3 aliphatic rings. The molecule has 2 N–H and O–H groups in total. The Bertz CT molecular complexity index is 1300. The number of imide groups is 1. The third-order valence-electron chi connectivity index (χ3n) is 7.26. The lowest BCUT2D eigenvalue weighted by atomic mass is 9.78. The topological polar surface area (TPSA) is 188 Å². The van der Waals surface area contributed by atoms with Gasteiger partial charge < -0.3 is 5.11 Å². The van der Waals surface area contributed by atoms with Crippen molar-refractivity contribution < 1.29 is 33.9 Å². The molecule has 1 aromatic carbocycles. The summed E-state index contributed by atoms with van der Waals surface area (Å²) in [5.41, 5.74) is -2.25. The number of carbonyl (C=O) groups excluding carboxylic acids is 2. The minimum Gasteiger partial charge on any atom is -0.480 e. The number of carbonyl (C=O) groups is 3. The van der Waals surface area contributed by atoms with Crippen molar-refractivity contribution in [1.82, 2.24) is 10.2 Å². The van der Waals surface area contributed by atoms with E-state index in [9.17, 15) is 39.7 Å². The third-order valence-corrected chi connectivity index (χ3v) is 8.11. The monoisotopic (exact) mass is 567 g/mol. The average Bonchev–Trinajstić information content (AvgIpc) is 3.48. The van der Waals surface area contributed by atoms with Crippen LogP contribution in [-0.2, 0) is 14.4 Å². The fraction of sp³-hybridized carbons (Fsp3) is 0.500. The van der Waals surface area contributed by atoms with Gasteiger partial charge in [0.15, 0.2) is 0 Å². The number of fused-ring (bicyclic) bond motifs is 1. The largest absolute Gasteiger partial charge is 0.480 e. The van der Waals surface area contributed by atoms with Gasteiger partial charge in [0, 0.05) is 23.6 Å². The standard InChI is InChI=1S/C22H23ClN6O8S/c1-11-24-10-15(29(36)37)26(11)6-7-27-19(30)16-17(20(27)31)22(21(32)33,5-8-38-2)25-18(16)13-9-12(23)3-4-14(13)28(34)35/h3-4,9-10,15-18,25H,5-8H2,1-2H3/p+1. The minimum absolute atomic E-state index is 0.00156. The predicted molar refractivity (Wildman–Crippen MR) is 136 cm³/mol. The van der Waals surface area contributed by atoms with Crippen molar-refractivity contribution >= 4 is 58.9 Å². The maximum atomic E-state index is 13.7. The lowest BCUT2D eigenvalue weighted by Crippen LogP contribution is -2.56. The summed E-state index contributed by atoms with van der Waals surface area (Å²) in [6, 6.07) is 2.58. The number of hydrogen-bond donors (Lipinski definition) is 2. The van der Waals surface area contributed by atoms with E-state index in [0.29, 0.717) is 11.6 Å². The van der Waals surface area contributed by atoms with Gasteiger partial charge in [-0.3, -0.25) is 44.8 Å². The van der Waals surface area contributed by atoms with E-state index in [1.165, 1.54) is 34.5 Å². The molecule has 0 radical (unpaired) electrons. The zero-order chi connectivity index (χ0) is 27.9. The van der Waals surface area contributed by atoms with Crippen molar-refractivity contribution in [3.05, 3.63) is 49.0 Å². The van der Waals surface area contributed by atoms with Gasteiger partial charge in [-0.1, -0.05) is 11.6 Å². The highest BCUT2D eigenvalue weighted by atomic mass is 35.5. The lowest BCUT2D eigenvalue weighted by Gasteiger charge is -2.31. The summed E-state index contributed by atoms with van der Waals surface area (Å²) in [7, 11) is 0. The zero-order valence-electron chi connectivity index (χ0n) is 20.3. The Morgan fingerprint density at radius 2 is 2.03 bits per heavy atom. The predicted octanol–water partition coefficient (Wildman–Crippen LogP) is 1.19. The fourth-order valence-corrected chi connectivity index (χ4v) is 6.18. The molecule has 202 valence electrons. The highest BCUT2D eigenvalue weighted by molar-refractivity contribution is 7.98. The fourth-order valence-electron chi connectivity index (χ4n) is 5.48. The lowest BCUT2D eigenvalue weighted by molar-refractivity contribution is -0.735. The molecular weight excluding hydrogens is 544 g/mol. The Hall–Kier alpha value is -3.43. The number of aliphatic imine (C=N–C) groups is 1. The summed E-state index contributed by atoms with van der Waals surface area (Å²) in [4.78, 5) is 66.9. The van der Waals surface area contributed by atoms with Gasteiger partial charge in [0.2, 0.25) is 18.0 Å². The van der Waals surface area contributed by atoms with E-state index in [1.807, 2.05) is 0 Å². The van der Waals surface area contributed by atoms with Crippen molar-refractivity contribution in [3.8, 4) is 0 Å². The highest BCUT2D eigenvalue weighted by Crippen LogP contribution is 2.52. The number of hydrogen-bond acceptors (Lipinski definition) is 10. The Morgan fingerprint density at radius 3 is 2.63 bits per heavy atom. The molecular formula is C22H24ClN6O8S+. The summed E-state index contributed by atoms with van der Waals surface area (Å²) >= 11 is 7.47. The molecule has 16 heteroatoms. The van der Waals surface area contributed by atoms with E-state index in [2.05, 4.69) is 10.3 Å². The number of carboxylic acids is 1. The van der Waals surface area contributed by atoms with Crippen LogP contribution in [0.25, 0.3) is 0 Å². The van der Waals surface area contributed by atoms with Crippen molar-refractivity contribution in [2.45, 2.75) is 31.1 Å². The van der Waals surface area contributed by atoms with Gasteiger partial charge in [0.25, 0.3) is 11.5 Å². The number of amides is 2. The first-order valence-corrected chi connectivity index (χ1v) is 13.3. The van der Waals surface area contributed by atoms with Gasteiger partial charge in [-0.2, -0.15) is 16.3 Å². The Morgan fingerprint density at radius 1 is 1.32 bits per heavy atom. The number of thioether (sulfide) groups is 1. The first kappa shape index (κ1) is 27.6. The van der Waals surface area contributed by atoms with Crippen molar-refractivity contribution in [2.75, 3.05) is 25.1 Å². The number of aliphatic carboxylic acids is 1. The second-order valence-electron chi connectivity index (χ2n) is 9.15. The first-order chi connectivity index (χ1) is 17.9. The second kappa shape index (κ2) is 10.4. The smallest absolute Gasteiger partial charge is 0.405 e. The maximum Gasteiger partial charge on any atom is 0.405 e. The van der Waals surface area contributed by atoms with E-state index in [4.69, 9.17) is 11.6 Å². The molecule has 0 aliphatic carbocycles. The normalized spacial score (nSPS) is 28.3. The Labute approximate surface area is 225 Å². The molecule has 5 atom stereocenters. The summed E-state index contributed by atoms with van der Waals surface area (Å²) in [6.45, 7) is 1.20. The van der Waals surface area contributed by atoms with Gasteiger partial charge in [-0.15, -0.1) is 0 Å². The SMILES string of the molecule is CSCCC1(C(=O)O)NC(c2cc(Cl)ccc2[N+](=O)[O-])C2C(=O)N(CC[N+]3=C(C)N=CC3[N+](=O)[O-])C(=O)C21. The van der Waals surface area contributed by atoms with E-state index < -0.39 is 57.2 Å². The number of benzene rings is 1. The van der Waals surface area contributed by atoms with Crippen LogP contribution < -0.4 is 5.32 Å².